The maximum Gasteiger partial charge on any atom is 0.141 e. The number of aromatic nitrogens is 1. The van der Waals surface area contributed by atoms with E-state index in [0.29, 0.717) is 12.2 Å². The summed E-state index contributed by atoms with van der Waals surface area (Å²) in [6.07, 6.45) is 5.34. The van der Waals surface area contributed by atoms with E-state index in [0.717, 1.165) is 28.5 Å². The lowest BCUT2D eigenvalue weighted by molar-refractivity contribution is -0.120. The van der Waals surface area contributed by atoms with Gasteiger partial charge in [-0.1, -0.05) is 60.7 Å². The number of rotatable bonds is 2. The number of fused-ring (bicyclic) bond motifs is 6. The average molecular weight is 386 g/mol. The number of nitrogens with zero attached hydrogens (tertiary/aromatic N) is 1. The van der Waals surface area contributed by atoms with E-state index in [2.05, 4.69) is 78.1 Å². The lowest BCUT2D eigenvalue weighted by Crippen LogP contribution is -2.21. The summed E-state index contributed by atoms with van der Waals surface area (Å²) in [5.74, 6) is 0.104. The molecule has 6 rings (SSSR count). The first-order valence-corrected chi connectivity index (χ1v) is 10.4. The minimum absolute atomic E-state index is 0.196. The highest BCUT2D eigenvalue weighted by atomic mass is 16.1. The molecule has 0 spiro atoms. The lowest BCUT2D eigenvalue weighted by atomic mass is 9.76. The fourth-order valence-corrected chi connectivity index (χ4v) is 4.89. The van der Waals surface area contributed by atoms with Crippen molar-refractivity contribution in [2.75, 3.05) is 0 Å². The molecule has 143 valence electrons. The Bertz CT molecular complexity index is 1450. The Balaban J connectivity index is 1.47. The predicted molar refractivity (Wildman–Crippen MR) is 123 cm³/mol. The Morgan fingerprint density at radius 3 is 2.60 bits per heavy atom. The van der Waals surface area contributed by atoms with Crippen LogP contribution in [0.3, 0.4) is 0 Å². The van der Waals surface area contributed by atoms with E-state index in [9.17, 15) is 4.79 Å². The van der Waals surface area contributed by atoms with Crippen LogP contribution < -0.4 is 0 Å². The molecule has 1 aliphatic rings. The quantitative estimate of drug-likeness (QED) is 0.329. The number of aryl methyl sites for hydroxylation is 1. The van der Waals surface area contributed by atoms with E-state index in [4.69, 9.17) is 0 Å². The smallest absolute Gasteiger partial charge is 0.141 e. The van der Waals surface area contributed by atoms with Crippen LogP contribution in [-0.4, -0.2) is 10.8 Å². The topological polar surface area (TPSA) is 30.0 Å². The lowest BCUT2D eigenvalue weighted by Gasteiger charge is -2.26. The monoisotopic (exact) mass is 386 g/mol. The summed E-state index contributed by atoms with van der Waals surface area (Å²) in [6.45, 7) is 0. The van der Waals surface area contributed by atoms with E-state index >= 15 is 0 Å². The van der Waals surface area contributed by atoms with Crippen LogP contribution >= 0.6 is 0 Å². The highest BCUT2D eigenvalue weighted by molar-refractivity contribution is 6.09. The maximum atomic E-state index is 12.9. The minimum Gasteiger partial charge on any atom is -0.299 e. The molecule has 0 saturated carbocycles. The van der Waals surface area contributed by atoms with Gasteiger partial charge < -0.3 is 0 Å². The molecule has 1 aliphatic carbocycles. The summed E-state index contributed by atoms with van der Waals surface area (Å²) in [7, 11) is 0. The highest BCUT2D eigenvalue weighted by Gasteiger charge is 2.29. The summed E-state index contributed by atoms with van der Waals surface area (Å²) in [6, 6.07) is 27.5. The van der Waals surface area contributed by atoms with E-state index in [-0.39, 0.29) is 5.92 Å². The van der Waals surface area contributed by atoms with Crippen molar-refractivity contribution in [3.05, 3.63) is 108 Å². The zero-order valence-electron chi connectivity index (χ0n) is 16.5. The Labute approximate surface area is 175 Å². The van der Waals surface area contributed by atoms with Crippen molar-refractivity contribution in [2.24, 2.45) is 0 Å². The fourth-order valence-electron chi connectivity index (χ4n) is 4.89. The van der Waals surface area contributed by atoms with Gasteiger partial charge in [0.2, 0.25) is 0 Å². The number of carbonyl (C=O) groups excluding carboxylic acids is 1. The zero-order valence-corrected chi connectivity index (χ0v) is 16.5. The van der Waals surface area contributed by atoms with Crippen LogP contribution in [0.5, 0.6) is 0 Å². The van der Waals surface area contributed by atoms with E-state index < -0.39 is 0 Å². The van der Waals surface area contributed by atoms with Crippen LogP contribution in [0, 0.1) is 6.42 Å². The van der Waals surface area contributed by atoms with Crippen molar-refractivity contribution >= 4 is 38.2 Å². The predicted octanol–water partition coefficient (Wildman–Crippen LogP) is 6.39. The molecule has 1 unspecified atom stereocenters. The molecule has 0 bridgehead atoms. The van der Waals surface area contributed by atoms with Gasteiger partial charge in [0.1, 0.15) is 5.78 Å². The summed E-state index contributed by atoms with van der Waals surface area (Å²) in [5, 5.41) is 6.18. The SMILES string of the molecule is O=C1CCc2c(ccc3c2ccc2ccccc23)C1[CH]c1ccc2ncccc2c1. The normalized spacial score (nSPS) is 16.3. The number of ketones is 1. The molecule has 4 aromatic carbocycles. The van der Waals surface area contributed by atoms with Crippen LogP contribution in [0.4, 0.5) is 0 Å². The Kier molecular flexibility index (Phi) is 3.92. The number of benzene rings is 4. The van der Waals surface area contributed by atoms with Crippen molar-refractivity contribution in [1.82, 2.24) is 4.98 Å². The molecule has 1 atom stereocenters. The van der Waals surface area contributed by atoms with Gasteiger partial charge in [0, 0.05) is 24.4 Å². The molecule has 2 nitrogen and oxygen atoms in total. The largest absolute Gasteiger partial charge is 0.299 e. The summed E-state index contributed by atoms with van der Waals surface area (Å²) in [4.78, 5) is 17.3. The zero-order chi connectivity index (χ0) is 20.1. The molecule has 0 aliphatic heterocycles. The van der Waals surface area contributed by atoms with Crippen LogP contribution in [0.25, 0.3) is 32.4 Å². The summed E-state index contributed by atoms with van der Waals surface area (Å²) < 4.78 is 0. The second-order valence-corrected chi connectivity index (χ2v) is 8.08. The highest BCUT2D eigenvalue weighted by Crippen LogP contribution is 2.39. The van der Waals surface area contributed by atoms with Crippen LogP contribution in [0.1, 0.15) is 29.0 Å². The van der Waals surface area contributed by atoms with E-state index in [1.165, 1.54) is 27.1 Å². The average Bonchev–Trinajstić information content (AvgIpc) is 2.80. The Morgan fingerprint density at radius 2 is 1.63 bits per heavy atom. The number of Topliss-reactive ketones (excluding diaryl/α,β-unsaturated/α-hetero) is 1. The molecule has 1 aromatic heterocycles. The number of hydrogen-bond acceptors (Lipinski definition) is 2. The van der Waals surface area contributed by atoms with Gasteiger partial charge in [-0.05, 0) is 62.9 Å². The van der Waals surface area contributed by atoms with Crippen molar-refractivity contribution in [3.63, 3.8) is 0 Å². The van der Waals surface area contributed by atoms with Gasteiger partial charge in [0.15, 0.2) is 0 Å². The molecule has 0 N–H and O–H groups in total. The van der Waals surface area contributed by atoms with Crippen molar-refractivity contribution in [1.29, 1.82) is 0 Å². The van der Waals surface area contributed by atoms with Gasteiger partial charge in [0.25, 0.3) is 0 Å². The van der Waals surface area contributed by atoms with Crippen LogP contribution in [-0.2, 0) is 11.2 Å². The standard InChI is InChI=1S/C28H20NO/c30-28-14-12-24-23-9-8-19-4-1-2-6-21(19)22(23)10-11-25(24)26(28)17-18-7-13-27-20(16-18)5-3-15-29-27/h1-11,13,15-17,26H,12,14H2. The van der Waals surface area contributed by atoms with E-state index in [1.54, 1.807) is 6.20 Å². The van der Waals surface area contributed by atoms with Gasteiger partial charge in [-0.15, -0.1) is 0 Å². The fraction of sp³-hybridized carbons (Fsp3) is 0.107. The van der Waals surface area contributed by atoms with Gasteiger partial charge in [-0.2, -0.15) is 0 Å². The molecule has 5 aromatic rings. The number of hydrogen-bond donors (Lipinski definition) is 0. The Morgan fingerprint density at radius 1 is 0.767 bits per heavy atom. The second kappa shape index (κ2) is 6.77. The molecule has 1 heterocycles. The van der Waals surface area contributed by atoms with Gasteiger partial charge in [-0.3, -0.25) is 9.78 Å². The first-order valence-electron chi connectivity index (χ1n) is 10.4. The molecule has 2 heteroatoms. The molecule has 0 fully saturated rings. The molecule has 30 heavy (non-hydrogen) atoms. The van der Waals surface area contributed by atoms with Gasteiger partial charge in [-0.25, -0.2) is 0 Å². The molecular formula is C28H20NO. The molecular weight excluding hydrogens is 366 g/mol. The number of carbonyl (C=O) groups is 1. The van der Waals surface area contributed by atoms with Crippen LogP contribution in [0.15, 0.2) is 85.1 Å². The Hall–Kier alpha value is -3.52. The van der Waals surface area contributed by atoms with Gasteiger partial charge >= 0.3 is 0 Å². The first kappa shape index (κ1) is 17.3. The van der Waals surface area contributed by atoms with Crippen molar-refractivity contribution in [2.45, 2.75) is 18.8 Å². The van der Waals surface area contributed by atoms with Gasteiger partial charge in [0.05, 0.1) is 11.4 Å². The third-order valence-corrected chi connectivity index (χ3v) is 6.36. The minimum atomic E-state index is -0.196. The summed E-state index contributed by atoms with van der Waals surface area (Å²) in [5.41, 5.74) is 4.52. The van der Waals surface area contributed by atoms with Crippen LogP contribution in [0.2, 0.25) is 0 Å². The summed E-state index contributed by atoms with van der Waals surface area (Å²) >= 11 is 0. The first-order chi connectivity index (χ1) is 14.8. The third-order valence-electron chi connectivity index (χ3n) is 6.36. The maximum absolute atomic E-state index is 12.9. The number of pyridine rings is 1. The van der Waals surface area contributed by atoms with Crippen molar-refractivity contribution < 1.29 is 4.79 Å². The second-order valence-electron chi connectivity index (χ2n) is 8.08. The molecule has 1 radical (unpaired) electrons. The third kappa shape index (κ3) is 2.72. The molecule has 0 amide bonds. The van der Waals surface area contributed by atoms with E-state index in [1.807, 2.05) is 12.1 Å². The van der Waals surface area contributed by atoms with Crippen molar-refractivity contribution in [3.8, 4) is 0 Å². The molecule has 0 saturated heterocycles.